The van der Waals surface area contributed by atoms with E-state index in [-0.39, 0.29) is 34.7 Å². The Morgan fingerprint density at radius 2 is 0.496 bits per heavy atom. The SMILES string of the molecule is CCC.CCCNc1nc(N)nc(NCC)n1.CCCc1nc(CCC)nc(NCC)n1.Cc1ccc(CN(Cc2ccc(O)cc2)c2nc(N(Cc3ccc(O)cc3)Cc3ccc(O)cc3)nc(N(Cc3ccc(O)cc3)Cc3ccc(O)cc3)n2)cc1.Oc1ccccc1.Oc1ccccc1.Oc1ccccc1.Oc1ccccc1. The summed E-state index contributed by atoms with van der Waals surface area (Å²) in [5.41, 5.74) is 12.3. The maximum absolute atomic E-state index is 10.1. The third-order valence-electron chi connectivity index (χ3n) is 16.0. The van der Waals surface area contributed by atoms with Crippen LogP contribution in [0.4, 0.5) is 41.6 Å². The van der Waals surface area contributed by atoms with E-state index < -0.39 is 0 Å². The Kier molecular flexibility index (Phi) is 41.1. The summed E-state index contributed by atoms with van der Waals surface area (Å²) in [6, 6.07) is 78.3. The molecule has 0 amide bonds. The van der Waals surface area contributed by atoms with Crippen LogP contribution in [0.5, 0.6) is 51.7 Å². The van der Waals surface area contributed by atoms with Crippen LogP contribution < -0.4 is 36.4 Å². The minimum Gasteiger partial charge on any atom is -0.508 e. The molecule has 13 rings (SSSR count). The Morgan fingerprint density at radius 3 is 0.718 bits per heavy atom. The number of nitrogens with two attached hydrogens (primary N) is 1. The van der Waals surface area contributed by atoms with Crippen LogP contribution in [0.1, 0.15) is 125 Å². The van der Waals surface area contributed by atoms with Crippen LogP contribution in [0.3, 0.4) is 0 Å². The summed E-state index contributed by atoms with van der Waals surface area (Å²) < 4.78 is 0. The molecule has 25 nitrogen and oxygen atoms in total. The fraction of sp³-hybridized carbons (Fsp3) is 0.250. The van der Waals surface area contributed by atoms with Crippen LogP contribution in [-0.4, -0.2) is 110 Å². The molecule has 0 unspecified atom stereocenters. The number of nitrogen functional groups attached to an aromatic ring is 1. The van der Waals surface area contributed by atoms with Gasteiger partial charge in [0.1, 0.15) is 63.4 Å². The molecule has 0 radical (unpaired) electrons. The van der Waals surface area contributed by atoms with Crippen LogP contribution in [0, 0.1) is 6.92 Å². The number of rotatable bonds is 26. The number of para-hydroxylation sites is 4. The zero-order valence-electron chi connectivity index (χ0n) is 68.0. The van der Waals surface area contributed by atoms with Gasteiger partial charge in [-0.3, -0.25) is 0 Å². The van der Waals surface area contributed by atoms with Gasteiger partial charge in [0.15, 0.2) is 0 Å². The molecule has 25 heteroatoms. The van der Waals surface area contributed by atoms with Gasteiger partial charge in [-0.05, 0) is 183 Å². The molecule has 14 N–H and O–H groups in total. The van der Waals surface area contributed by atoms with Crippen molar-refractivity contribution in [3.63, 3.8) is 0 Å². The van der Waals surface area contributed by atoms with Crippen molar-refractivity contribution in [1.82, 2.24) is 44.9 Å². The van der Waals surface area contributed by atoms with Gasteiger partial charge >= 0.3 is 0 Å². The fourth-order valence-corrected chi connectivity index (χ4v) is 10.4. The van der Waals surface area contributed by atoms with Gasteiger partial charge in [-0.15, -0.1) is 0 Å². The lowest BCUT2D eigenvalue weighted by Gasteiger charge is -2.30. The van der Waals surface area contributed by atoms with Crippen molar-refractivity contribution < 1.29 is 46.0 Å². The normalized spacial score (nSPS) is 10.1. The zero-order chi connectivity index (χ0) is 84.4. The van der Waals surface area contributed by atoms with E-state index in [1.54, 1.807) is 158 Å². The molecule has 0 saturated heterocycles. The molecule has 3 aromatic heterocycles. The second-order valence-corrected chi connectivity index (χ2v) is 26.5. The second kappa shape index (κ2) is 52.4. The van der Waals surface area contributed by atoms with Crippen LogP contribution in [-0.2, 0) is 52.1 Å². The molecule has 614 valence electrons. The number of aryl methyl sites for hydroxylation is 3. The maximum atomic E-state index is 10.1. The molecule has 0 atom stereocenters. The van der Waals surface area contributed by atoms with Crippen molar-refractivity contribution in [3.05, 3.63) is 318 Å². The van der Waals surface area contributed by atoms with Gasteiger partial charge in [0, 0.05) is 71.7 Å². The van der Waals surface area contributed by atoms with Gasteiger partial charge < -0.3 is 82.3 Å². The summed E-state index contributed by atoms with van der Waals surface area (Å²) in [4.78, 5) is 46.9. The summed E-state index contributed by atoms with van der Waals surface area (Å²) in [6.07, 6.45) is 6.26. The average molecular weight is 1590 g/mol. The molecule has 0 saturated carbocycles. The Balaban J connectivity index is 0.000000280. The van der Waals surface area contributed by atoms with Crippen molar-refractivity contribution in [2.24, 2.45) is 0 Å². The topological polar surface area (TPSA) is 370 Å². The Labute approximate surface area is 687 Å². The number of benzene rings is 10. The molecule has 0 fully saturated rings. The second-order valence-electron chi connectivity index (χ2n) is 26.5. The van der Waals surface area contributed by atoms with E-state index in [4.69, 9.17) is 41.1 Å². The number of hydrogen-bond acceptors (Lipinski definition) is 25. The van der Waals surface area contributed by atoms with Crippen molar-refractivity contribution in [3.8, 4) is 51.7 Å². The standard InChI is InChI=1S/C46H44N6O5.C11H20N4.C8H16N6.4C6H6O.C3H8/c1-32-2-4-33(5-3-32)26-50(27-34-6-16-39(53)17-7-34)44-47-45(51(28-35-8-18-40(54)19-9-35)29-36-10-20-41(55)21-11-36)49-46(48-44)52(30-37-12-22-42(56)23-13-37)31-38-14-24-43(57)25-15-38;1-4-7-9-13-10(8-5-2)15-11(14-9)12-6-3;1-3-5-11-8-13-6(9)12-7(14-8)10-4-2;4*7-6-4-2-1-3-5-6;1-3-2/h2-25,53-57H,26-31H2,1H3;4-8H2,1-3H3,(H,12,13,14,15);3-5H2,1-2H3,(H4,9,10,11,12,13,14);4*1-5,7H;3H2,1-2H3. The molecule has 0 aliphatic heterocycles. The highest BCUT2D eigenvalue weighted by atomic mass is 16.3. The number of phenols is 9. The number of nitrogens with zero attached hydrogens (tertiary/aromatic N) is 12. The van der Waals surface area contributed by atoms with Crippen molar-refractivity contribution in [2.75, 3.05) is 56.0 Å². The molecular weight excluding hydrogens is 1470 g/mol. The maximum Gasteiger partial charge on any atom is 0.232 e. The molecule has 0 spiro atoms. The largest absolute Gasteiger partial charge is 0.508 e. The number of nitrogens with one attached hydrogen (secondary N) is 3. The molecule has 0 bridgehead atoms. The van der Waals surface area contributed by atoms with Crippen molar-refractivity contribution in [2.45, 2.75) is 133 Å². The smallest absolute Gasteiger partial charge is 0.232 e. The van der Waals surface area contributed by atoms with E-state index in [9.17, 15) is 25.5 Å². The molecule has 13 aromatic rings. The van der Waals surface area contributed by atoms with E-state index in [0.717, 1.165) is 108 Å². The van der Waals surface area contributed by atoms with Gasteiger partial charge in [0.2, 0.25) is 41.6 Å². The third kappa shape index (κ3) is 37.0. The van der Waals surface area contributed by atoms with Crippen LogP contribution in [0.15, 0.2) is 267 Å². The van der Waals surface area contributed by atoms with Crippen LogP contribution in [0.25, 0.3) is 0 Å². The highest BCUT2D eigenvalue weighted by Gasteiger charge is 2.24. The van der Waals surface area contributed by atoms with Gasteiger partial charge in [-0.1, -0.05) is 204 Å². The predicted molar refractivity (Wildman–Crippen MR) is 469 cm³/mol. The number of aromatic nitrogens is 9. The monoisotopic (exact) mass is 1580 g/mol. The van der Waals surface area contributed by atoms with Crippen LogP contribution in [0.2, 0.25) is 0 Å². The van der Waals surface area contributed by atoms with E-state index in [1.807, 2.05) is 109 Å². The van der Waals surface area contributed by atoms with Gasteiger partial charge in [0.25, 0.3) is 0 Å². The number of aromatic hydroxyl groups is 9. The summed E-state index contributed by atoms with van der Waals surface area (Å²) in [6.45, 7) is 21.5. The lowest BCUT2D eigenvalue weighted by atomic mass is 10.1. The first-order chi connectivity index (χ1) is 56.7. The van der Waals surface area contributed by atoms with E-state index >= 15 is 0 Å². The third-order valence-corrected chi connectivity index (χ3v) is 16.0. The quantitative estimate of drug-likeness (QED) is 0.0239. The molecule has 3 heterocycles. The highest BCUT2D eigenvalue weighted by molar-refractivity contribution is 5.51. The molecule has 0 aliphatic rings. The number of phenolic OH excluding ortho intramolecular Hbond substituents is 9. The summed E-state index contributed by atoms with van der Waals surface area (Å²) in [7, 11) is 0. The predicted octanol–water partition coefficient (Wildman–Crippen LogP) is 18.2. The molecule has 0 aliphatic carbocycles. The van der Waals surface area contributed by atoms with E-state index in [1.165, 1.54) is 6.42 Å². The molecule has 10 aromatic carbocycles. The summed E-state index contributed by atoms with van der Waals surface area (Å²) in [5, 5.41) is 94.1. The van der Waals surface area contributed by atoms with Gasteiger partial charge in [-0.2, -0.15) is 39.9 Å². The van der Waals surface area contributed by atoms with Gasteiger partial charge in [-0.25, -0.2) is 4.98 Å². The summed E-state index contributed by atoms with van der Waals surface area (Å²) in [5.74, 6) is 7.13. The minimum absolute atomic E-state index is 0.161. The van der Waals surface area contributed by atoms with E-state index in [0.29, 0.717) is 92.0 Å². The summed E-state index contributed by atoms with van der Waals surface area (Å²) >= 11 is 0. The first-order valence-corrected chi connectivity index (χ1v) is 39.1. The number of hydrogen-bond donors (Lipinski definition) is 13. The fourth-order valence-electron chi connectivity index (χ4n) is 10.4. The Hall–Kier alpha value is -14.0. The number of anilines is 7. The average Bonchev–Trinajstić information content (AvgIpc) is 0.793. The Morgan fingerprint density at radius 1 is 0.265 bits per heavy atom. The molecule has 117 heavy (non-hydrogen) atoms. The molecular formula is C92H112N16O9. The lowest BCUT2D eigenvalue weighted by molar-refractivity contribution is 0.474. The first-order valence-electron chi connectivity index (χ1n) is 39.1. The Bertz CT molecular complexity index is 4180. The lowest BCUT2D eigenvalue weighted by Crippen LogP contribution is -2.31. The van der Waals surface area contributed by atoms with Crippen LogP contribution >= 0.6 is 0 Å². The first kappa shape index (κ1) is 91.9. The minimum atomic E-state index is 0.161. The van der Waals surface area contributed by atoms with E-state index in [2.05, 4.69) is 117 Å². The van der Waals surface area contributed by atoms with Crippen molar-refractivity contribution in [1.29, 1.82) is 0 Å². The zero-order valence-corrected chi connectivity index (χ0v) is 68.0. The van der Waals surface area contributed by atoms with Crippen molar-refractivity contribution >= 4 is 41.6 Å². The van der Waals surface area contributed by atoms with Gasteiger partial charge in [0.05, 0.1) is 0 Å². The highest BCUT2D eigenvalue weighted by Crippen LogP contribution is 2.29.